The first kappa shape index (κ1) is 37.0. The molecule has 0 radical (unpaired) electrons. The van der Waals surface area contributed by atoms with Crippen LogP contribution in [-0.4, -0.2) is 68.4 Å². The Labute approximate surface area is 265 Å². The molecule has 1 aliphatic heterocycles. The quantitative estimate of drug-likeness (QED) is 0.153. The van der Waals surface area contributed by atoms with Crippen LogP contribution >= 0.6 is 0 Å². The zero-order valence-electron chi connectivity index (χ0n) is 24.5. The minimum atomic E-state index is -5.85. The Hall–Kier alpha value is -3.86. The highest BCUT2D eigenvalue weighted by molar-refractivity contribution is 5.47. The van der Waals surface area contributed by atoms with Gasteiger partial charge in [-0.25, -0.2) is 0 Å². The number of halogens is 12. The maximum atomic E-state index is 14.4. The molecule has 48 heavy (non-hydrogen) atoms. The molecule has 0 aliphatic carbocycles. The van der Waals surface area contributed by atoms with Gasteiger partial charge in [-0.15, -0.1) is 0 Å². The van der Waals surface area contributed by atoms with Crippen LogP contribution in [0.3, 0.4) is 0 Å². The van der Waals surface area contributed by atoms with Gasteiger partial charge >= 0.3 is 24.7 Å². The number of hydrogen-bond donors (Lipinski definition) is 1. The number of rotatable bonds is 12. The fourth-order valence-corrected chi connectivity index (χ4v) is 4.74. The summed E-state index contributed by atoms with van der Waals surface area (Å²) in [4.78, 5) is 0. The number of alkyl halides is 12. The summed E-state index contributed by atoms with van der Waals surface area (Å²) in [5, 5.41) is 10.1. The van der Waals surface area contributed by atoms with Crippen LogP contribution in [0, 0.1) is 0 Å². The number of epoxide rings is 1. The minimum Gasteiger partial charge on any atom is -0.491 e. The van der Waals surface area contributed by atoms with Crippen molar-refractivity contribution >= 4 is 0 Å². The lowest BCUT2D eigenvalue weighted by molar-refractivity contribution is -0.297. The second-order valence-corrected chi connectivity index (χ2v) is 11.0. The van der Waals surface area contributed by atoms with Crippen LogP contribution in [0.15, 0.2) is 72.8 Å². The molecule has 1 aliphatic rings. The van der Waals surface area contributed by atoms with E-state index >= 15 is 0 Å². The van der Waals surface area contributed by atoms with Crippen molar-refractivity contribution in [3.63, 3.8) is 0 Å². The van der Waals surface area contributed by atoms with Crippen LogP contribution in [0.25, 0.3) is 0 Å². The second kappa shape index (κ2) is 13.2. The van der Waals surface area contributed by atoms with Gasteiger partial charge in [0.1, 0.15) is 49.3 Å². The van der Waals surface area contributed by atoms with Gasteiger partial charge in [0.2, 0.25) is 5.41 Å². The summed E-state index contributed by atoms with van der Waals surface area (Å²) in [7, 11) is 0. The normalized spacial score (nSPS) is 16.8. The van der Waals surface area contributed by atoms with E-state index in [9.17, 15) is 57.8 Å². The molecule has 3 aromatic carbocycles. The van der Waals surface area contributed by atoms with E-state index in [0.717, 1.165) is 36.4 Å². The average Bonchev–Trinajstić information content (AvgIpc) is 3.81. The Kier molecular flexibility index (Phi) is 10.2. The first-order valence-electron chi connectivity index (χ1n) is 13.9. The lowest BCUT2D eigenvalue weighted by Crippen LogP contribution is -2.54. The van der Waals surface area contributed by atoms with E-state index < -0.39 is 71.5 Å². The predicted octanol–water partition coefficient (Wildman–Crippen LogP) is 8.08. The van der Waals surface area contributed by atoms with Gasteiger partial charge in [0, 0.05) is 0 Å². The van der Waals surface area contributed by atoms with E-state index in [4.69, 9.17) is 18.9 Å². The largest absolute Gasteiger partial charge is 0.491 e. The van der Waals surface area contributed by atoms with Gasteiger partial charge in [0.05, 0.1) is 6.61 Å². The number of benzene rings is 3. The summed E-state index contributed by atoms with van der Waals surface area (Å²) in [6, 6.07) is 8.92. The number of ether oxygens (including phenoxy) is 4. The highest BCUT2D eigenvalue weighted by Crippen LogP contribution is 2.56. The maximum Gasteiger partial charge on any atom is 0.411 e. The van der Waals surface area contributed by atoms with Gasteiger partial charge in [-0.2, -0.15) is 52.7 Å². The van der Waals surface area contributed by atoms with Gasteiger partial charge in [-0.1, -0.05) is 36.4 Å². The molecule has 264 valence electrons. The molecule has 2 atom stereocenters. The van der Waals surface area contributed by atoms with Gasteiger partial charge in [-0.05, 0) is 60.0 Å². The zero-order valence-corrected chi connectivity index (χ0v) is 24.5. The summed E-state index contributed by atoms with van der Waals surface area (Å²) >= 11 is 0. The van der Waals surface area contributed by atoms with E-state index in [1.807, 2.05) is 0 Å². The molecule has 17 heteroatoms. The van der Waals surface area contributed by atoms with E-state index in [-0.39, 0.29) is 36.9 Å². The van der Waals surface area contributed by atoms with E-state index in [1.165, 1.54) is 0 Å². The molecule has 0 bridgehead atoms. The number of hydrogen-bond acceptors (Lipinski definition) is 5. The highest BCUT2D eigenvalue weighted by atomic mass is 19.4. The van der Waals surface area contributed by atoms with Crippen LogP contribution < -0.4 is 14.2 Å². The lowest BCUT2D eigenvalue weighted by atomic mass is 9.73. The third-order valence-electron chi connectivity index (χ3n) is 7.71. The van der Waals surface area contributed by atoms with Crippen molar-refractivity contribution < 1.29 is 76.7 Å². The first-order chi connectivity index (χ1) is 22.1. The van der Waals surface area contributed by atoms with E-state index in [2.05, 4.69) is 0 Å². The van der Waals surface area contributed by atoms with Crippen LogP contribution in [0.5, 0.6) is 17.2 Å². The molecule has 5 nitrogen and oxygen atoms in total. The molecule has 2 unspecified atom stereocenters. The van der Waals surface area contributed by atoms with Crippen molar-refractivity contribution in [2.24, 2.45) is 0 Å². The summed E-state index contributed by atoms with van der Waals surface area (Å²) in [5.74, 6) is -0.396. The Morgan fingerprint density at radius 1 is 0.583 bits per heavy atom. The molecule has 1 saturated heterocycles. The van der Waals surface area contributed by atoms with Crippen molar-refractivity contribution in [3.05, 3.63) is 89.5 Å². The summed E-state index contributed by atoms with van der Waals surface area (Å²) in [5.41, 5.74) is -12.0. The van der Waals surface area contributed by atoms with Crippen molar-refractivity contribution in [2.45, 2.75) is 54.7 Å². The summed E-state index contributed by atoms with van der Waals surface area (Å²) in [6.07, 6.45) is -24.7. The summed E-state index contributed by atoms with van der Waals surface area (Å²) in [6.45, 7) is -0.699. The molecule has 0 saturated carbocycles. The molecule has 3 aromatic rings. The van der Waals surface area contributed by atoms with Crippen molar-refractivity contribution in [1.82, 2.24) is 0 Å². The molecule has 0 spiro atoms. The Morgan fingerprint density at radius 2 is 0.917 bits per heavy atom. The number of aliphatic hydroxyl groups excluding tert-OH is 1. The van der Waals surface area contributed by atoms with E-state index in [1.54, 1.807) is 0 Å². The van der Waals surface area contributed by atoms with Gasteiger partial charge in [-0.3, -0.25) is 0 Å². The lowest BCUT2D eigenvalue weighted by Gasteiger charge is -2.38. The molecule has 1 heterocycles. The fourth-order valence-electron chi connectivity index (χ4n) is 4.74. The van der Waals surface area contributed by atoms with Gasteiger partial charge in [0.15, 0.2) is 5.41 Å². The predicted molar refractivity (Wildman–Crippen MR) is 144 cm³/mol. The van der Waals surface area contributed by atoms with E-state index in [0.29, 0.717) is 43.0 Å². The highest BCUT2D eigenvalue weighted by Gasteiger charge is 2.72. The molecule has 0 aromatic heterocycles. The van der Waals surface area contributed by atoms with Crippen LogP contribution in [0.4, 0.5) is 52.7 Å². The Bertz CT molecular complexity index is 1460. The molecule has 4 rings (SSSR count). The Morgan fingerprint density at radius 3 is 1.23 bits per heavy atom. The van der Waals surface area contributed by atoms with Crippen LogP contribution in [-0.2, 0) is 15.6 Å². The number of aliphatic hydroxyl groups is 1. The van der Waals surface area contributed by atoms with Crippen molar-refractivity contribution in [2.75, 3.05) is 26.4 Å². The van der Waals surface area contributed by atoms with Gasteiger partial charge < -0.3 is 24.1 Å². The standard InChI is InChI=1S/C31H26F12O5/c1-26(28(32,33)34,29(35,36)37)18-2-8-22(9-3-18)45-14-21(44)15-46-23-10-4-19(5-11-23)27(30(38,39)40,31(41,42)43)20-6-12-24(13-7-20)47-16-25-17-48-25/h2-13,21,25,44H,14-17H2,1H3. The third kappa shape index (κ3) is 7.41. The van der Waals surface area contributed by atoms with Crippen LogP contribution in [0.2, 0.25) is 0 Å². The Balaban J connectivity index is 1.43. The molecule has 1 N–H and O–H groups in total. The minimum absolute atomic E-state index is 0.0116. The zero-order chi connectivity index (χ0) is 35.8. The van der Waals surface area contributed by atoms with Crippen molar-refractivity contribution in [1.29, 1.82) is 0 Å². The average molecular weight is 707 g/mol. The maximum absolute atomic E-state index is 14.4. The monoisotopic (exact) mass is 706 g/mol. The molecule has 1 fully saturated rings. The van der Waals surface area contributed by atoms with Crippen LogP contribution in [0.1, 0.15) is 23.6 Å². The first-order valence-corrected chi connectivity index (χ1v) is 13.9. The summed E-state index contributed by atoms with van der Waals surface area (Å²) < 4.78 is 187. The van der Waals surface area contributed by atoms with Gasteiger partial charge in [0.25, 0.3) is 0 Å². The second-order valence-electron chi connectivity index (χ2n) is 11.0. The fraction of sp³-hybridized carbons (Fsp3) is 0.419. The molecule has 0 amide bonds. The third-order valence-corrected chi connectivity index (χ3v) is 7.71. The SMILES string of the molecule is CC(c1ccc(OCC(O)COc2ccc(C(c3ccc(OCC4CO4)cc3)(C(F)(F)F)C(F)(F)F)cc2)cc1)(C(F)(F)F)C(F)(F)F. The van der Waals surface area contributed by atoms with Crippen molar-refractivity contribution in [3.8, 4) is 17.2 Å². The molecular weight excluding hydrogens is 680 g/mol. The smallest absolute Gasteiger partial charge is 0.411 e. The topological polar surface area (TPSA) is 60.5 Å². The molecular formula is C31H26F12O5.